The Balaban J connectivity index is 2.83. The molecular formula is C12H21NS. The molecule has 0 aromatic carbocycles. The standard InChI is InChI=1S/C12H21NS/c1-8(2)6-11(13-5)12-9(3)7-10(4)14-12/h7-8,11,13H,6H2,1-5H3. The summed E-state index contributed by atoms with van der Waals surface area (Å²) < 4.78 is 0. The Morgan fingerprint density at radius 3 is 2.36 bits per heavy atom. The van der Waals surface area contributed by atoms with E-state index in [4.69, 9.17) is 0 Å². The van der Waals surface area contributed by atoms with Crippen molar-refractivity contribution in [3.05, 3.63) is 21.4 Å². The molecule has 0 amide bonds. The molecule has 0 fully saturated rings. The summed E-state index contributed by atoms with van der Waals surface area (Å²) in [5.74, 6) is 0.745. The van der Waals surface area contributed by atoms with Gasteiger partial charge in [-0.15, -0.1) is 11.3 Å². The maximum Gasteiger partial charge on any atom is 0.0417 e. The SMILES string of the molecule is CNC(CC(C)C)c1sc(C)cc1C. The molecular weight excluding hydrogens is 190 g/mol. The predicted molar refractivity (Wildman–Crippen MR) is 65.0 cm³/mol. The molecule has 0 aliphatic rings. The van der Waals surface area contributed by atoms with E-state index in [2.05, 4.69) is 46.1 Å². The highest BCUT2D eigenvalue weighted by Crippen LogP contribution is 2.30. The van der Waals surface area contributed by atoms with Gasteiger partial charge in [-0.25, -0.2) is 0 Å². The molecule has 1 N–H and O–H groups in total. The maximum atomic E-state index is 3.41. The van der Waals surface area contributed by atoms with Crippen LogP contribution >= 0.6 is 11.3 Å². The highest BCUT2D eigenvalue weighted by Gasteiger charge is 2.15. The van der Waals surface area contributed by atoms with Crippen LogP contribution < -0.4 is 5.32 Å². The normalized spacial score (nSPS) is 13.6. The quantitative estimate of drug-likeness (QED) is 0.801. The van der Waals surface area contributed by atoms with Crippen LogP contribution in [-0.4, -0.2) is 7.05 Å². The first-order valence-electron chi connectivity index (χ1n) is 5.28. The summed E-state index contributed by atoms with van der Waals surface area (Å²) >= 11 is 1.93. The van der Waals surface area contributed by atoms with E-state index < -0.39 is 0 Å². The Morgan fingerprint density at radius 1 is 1.36 bits per heavy atom. The molecule has 80 valence electrons. The Hall–Kier alpha value is -0.340. The van der Waals surface area contributed by atoms with Crippen LogP contribution in [-0.2, 0) is 0 Å². The monoisotopic (exact) mass is 211 g/mol. The topological polar surface area (TPSA) is 12.0 Å². The van der Waals surface area contributed by atoms with Crippen LogP contribution in [0.4, 0.5) is 0 Å². The lowest BCUT2D eigenvalue weighted by Gasteiger charge is -2.17. The van der Waals surface area contributed by atoms with Gasteiger partial charge in [-0.1, -0.05) is 13.8 Å². The van der Waals surface area contributed by atoms with Crippen molar-refractivity contribution in [3.8, 4) is 0 Å². The Morgan fingerprint density at radius 2 is 2.00 bits per heavy atom. The summed E-state index contributed by atoms with van der Waals surface area (Å²) in [5, 5.41) is 3.41. The molecule has 0 radical (unpaired) electrons. The van der Waals surface area contributed by atoms with Crippen LogP contribution in [0, 0.1) is 19.8 Å². The van der Waals surface area contributed by atoms with Gasteiger partial charge >= 0.3 is 0 Å². The summed E-state index contributed by atoms with van der Waals surface area (Å²) in [6.45, 7) is 8.95. The van der Waals surface area contributed by atoms with E-state index in [1.807, 2.05) is 11.3 Å². The highest BCUT2D eigenvalue weighted by molar-refractivity contribution is 7.12. The lowest BCUT2D eigenvalue weighted by Crippen LogP contribution is -2.17. The Labute approximate surface area is 91.5 Å². The van der Waals surface area contributed by atoms with Gasteiger partial charge in [-0.05, 0) is 44.9 Å². The van der Waals surface area contributed by atoms with Gasteiger partial charge in [0, 0.05) is 15.8 Å². The van der Waals surface area contributed by atoms with Gasteiger partial charge in [0.15, 0.2) is 0 Å². The van der Waals surface area contributed by atoms with Gasteiger partial charge in [0.05, 0.1) is 0 Å². The summed E-state index contributed by atoms with van der Waals surface area (Å²) in [6, 6.07) is 2.82. The van der Waals surface area contributed by atoms with Crippen molar-refractivity contribution in [2.75, 3.05) is 7.05 Å². The molecule has 1 rings (SSSR count). The van der Waals surface area contributed by atoms with Crippen LogP contribution in [0.5, 0.6) is 0 Å². The maximum absolute atomic E-state index is 3.41. The summed E-state index contributed by atoms with van der Waals surface area (Å²) in [4.78, 5) is 2.93. The minimum absolute atomic E-state index is 0.536. The average molecular weight is 211 g/mol. The van der Waals surface area contributed by atoms with Gasteiger partial charge in [-0.2, -0.15) is 0 Å². The Bertz CT molecular complexity index is 289. The molecule has 0 aliphatic carbocycles. The molecule has 0 spiro atoms. The molecule has 1 aromatic rings. The third-order valence-electron chi connectivity index (χ3n) is 2.45. The lowest BCUT2D eigenvalue weighted by molar-refractivity contribution is 0.461. The molecule has 1 atom stereocenters. The number of nitrogens with one attached hydrogen (secondary N) is 1. The molecule has 1 heterocycles. The van der Waals surface area contributed by atoms with Gasteiger partial charge in [0.25, 0.3) is 0 Å². The fraction of sp³-hybridized carbons (Fsp3) is 0.667. The van der Waals surface area contributed by atoms with E-state index in [0.717, 1.165) is 5.92 Å². The molecule has 0 aliphatic heterocycles. The van der Waals surface area contributed by atoms with Crippen LogP contribution in [0.15, 0.2) is 6.07 Å². The zero-order valence-electron chi connectivity index (χ0n) is 9.85. The van der Waals surface area contributed by atoms with E-state index in [1.54, 1.807) is 0 Å². The smallest absolute Gasteiger partial charge is 0.0417 e. The fourth-order valence-electron chi connectivity index (χ4n) is 1.83. The minimum atomic E-state index is 0.536. The van der Waals surface area contributed by atoms with Crippen molar-refractivity contribution in [2.45, 2.75) is 40.2 Å². The van der Waals surface area contributed by atoms with E-state index >= 15 is 0 Å². The molecule has 2 heteroatoms. The van der Waals surface area contributed by atoms with Crippen LogP contribution in [0.1, 0.15) is 41.6 Å². The third kappa shape index (κ3) is 2.82. The second-order valence-electron chi connectivity index (χ2n) is 4.38. The highest BCUT2D eigenvalue weighted by atomic mass is 32.1. The van der Waals surface area contributed by atoms with E-state index in [0.29, 0.717) is 6.04 Å². The van der Waals surface area contributed by atoms with Gasteiger partial charge in [0.2, 0.25) is 0 Å². The van der Waals surface area contributed by atoms with Crippen molar-refractivity contribution in [3.63, 3.8) is 0 Å². The molecule has 1 aromatic heterocycles. The summed E-state index contributed by atoms with van der Waals surface area (Å²) in [7, 11) is 2.06. The third-order valence-corrected chi connectivity index (χ3v) is 3.72. The van der Waals surface area contributed by atoms with Crippen molar-refractivity contribution in [1.82, 2.24) is 5.32 Å². The number of rotatable bonds is 4. The molecule has 0 bridgehead atoms. The molecule has 0 saturated carbocycles. The molecule has 0 saturated heterocycles. The number of hydrogen-bond donors (Lipinski definition) is 1. The van der Waals surface area contributed by atoms with Gasteiger partial charge < -0.3 is 5.32 Å². The average Bonchev–Trinajstić information content (AvgIpc) is 2.41. The number of aryl methyl sites for hydroxylation is 2. The first kappa shape index (κ1) is 11.7. The summed E-state index contributed by atoms with van der Waals surface area (Å²) in [5.41, 5.74) is 1.44. The van der Waals surface area contributed by atoms with Crippen LogP contribution in [0.2, 0.25) is 0 Å². The first-order chi connectivity index (χ1) is 6.54. The Kier molecular flexibility index (Phi) is 4.14. The fourth-order valence-corrected chi connectivity index (χ4v) is 2.99. The molecule has 14 heavy (non-hydrogen) atoms. The predicted octanol–water partition coefficient (Wildman–Crippen LogP) is 3.67. The summed E-state index contributed by atoms with van der Waals surface area (Å²) in [6.07, 6.45) is 1.22. The first-order valence-corrected chi connectivity index (χ1v) is 6.10. The number of thiophene rings is 1. The largest absolute Gasteiger partial charge is 0.312 e. The zero-order chi connectivity index (χ0) is 10.7. The zero-order valence-corrected chi connectivity index (χ0v) is 10.7. The molecule has 1 nitrogen and oxygen atoms in total. The van der Waals surface area contributed by atoms with Crippen molar-refractivity contribution in [1.29, 1.82) is 0 Å². The minimum Gasteiger partial charge on any atom is -0.312 e. The lowest BCUT2D eigenvalue weighted by atomic mass is 10.0. The van der Waals surface area contributed by atoms with Gasteiger partial charge in [-0.3, -0.25) is 0 Å². The molecule has 1 unspecified atom stereocenters. The van der Waals surface area contributed by atoms with E-state index in [9.17, 15) is 0 Å². The van der Waals surface area contributed by atoms with E-state index in [1.165, 1.54) is 21.7 Å². The van der Waals surface area contributed by atoms with Gasteiger partial charge in [0.1, 0.15) is 0 Å². The second-order valence-corrected chi connectivity index (χ2v) is 5.66. The second kappa shape index (κ2) is 4.94. The van der Waals surface area contributed by atoms with Crippen LogP contribution in [0.25, 0.3) is 0 Å². The number of hydrogen-bond acceptors (Lipinski definition) is 2. The van der Waals surface area contributed by atoms with E-state index in [-0.39, 0.29) is 0 Å². The van der Waals surface area contributed by atoms with Crippen molar-refractivity contribution < 1.29 is 0 Å². The van der Waals surface area contributed by atoms with Crippen molar-refractivity contribution in [2.24, 2.45) is 5.92 Å². The van der Waals surface area contributed by atoms with Crippen LogP contribution in [0.3, 0.4) is 0 Å². The van der Waals surface area contributed by atoms with Crippen molar-refractivity contribution >= 4 is 11.3 Å².